The van der Waals surface area contributed by atoms with Crippen LogP contribution in [0.1, 0.15) is 20.8 Å². The highest BCUT2D eigenvalue weighted by Gasteiger charge is 2.20. The Morgan fingerprint density at radius 2 is 1.63 bits per heavy atom. The lowest BCUT2D eigenvalue weighted by atomic mass is 10.1. The maximum Gasteiger partial charge on any atom is 0.342 e. The highest BCUT2D eigenvalue weighted by Crippen LogP contribution is 2.34. The predicted molar refractivity (Wildman–Crippen MR) is 94.3 cm³/mol. The average molecular weight is 376 g/mol. The summed E-state index contributed by atoms with van der Waals surface area (Å²) in [4.78, 5) is 36.1. The van der Waals surface area contributed by atoms with Gasteiger partial charge in [-0.3, -0.25) is 14.9 Å². The molecule has 0 aliphatic carbocycles. The van der Waals surface area contributed by atoms with Gasteiger partial charge in [-0.1, -0.05) is 0 Å². The second-order valence-electron chi connectivity index (χ2n) is 5.37. The first-order chi connectivity index (χ1) is 12.9. The van der Waals surface area contributed by atoms with Gasteiger partial charge < -0.3 is 23.5 Å². The van der Waals surface area contributed by atoms with Gasteiger partial charge in [0.15, 0.2) is 18.1 Å². The molecule has 0 saturated carbocycles. The van der Waals surface area contributed by atoms with Gasteiger partial charge in [0.2, 0.25) is 0 Å². The molecule has 1 N–H and O–H groups in total. The number of esters is 1. The Kier molecular flexibility index (Phi) is 6.42. The molecular formula is C18H20N2O7. The van der Waals surface area contributed by atoms with Crippen molar-refractivity contribution in [2.24, 2.45) is 7.05 Å². The van der Waals surface area contributed by atoms with Crippen molar-refractivity contribution in [1.82, 2.24) is 9.88 Å². The van der Waals surface area contributed by atoms with E-state index in [1.165, 1.54) is 33.5 Å². The first-order valence-corrected chi connectivity index (χ1v) is 7.83. The van der Waals surface area contributed by atoms with E-state index in [1.807, 2.05) is 0 Å². The van der Waals surface area contributed by atoms with Crippen molar-refractivity contribution in [2.75, 3.05) is 27.9 Å². The molecule has 27 heavy (non-hydrogen) atoms. The van der Waals surface area contributed by atoms with Crippen molar-refractivity contribution in [3.05, 3.63) is 41.7 Å². The van der Waals surface area contributed by atoms with E-state index in [0.29, 0.717) is 17.2 Å². The molecule has 9 nitrogen and oxygen atoms in total. The first-order valence-electron chi connectivity index (χ1n) is 7.83. The van der Waals surface area contributed by atoms with Crippen LogP contribution in [0.15, 0.2) is 30.5 Å². The SMILES string of the molecule is COc1cc(OC)c(C(=O)OCC(=O)NC(=O)c2cccn2C)cc1OC. The van der Waals surface area contributed by atoms with Crippen LogP contribution in [0.25, 0.3) is 0 Å². The Morgan fingerprint density at radius 1 is 1.00 bits per heavy atom. The van der Waals surface area contributed by atoms with Crippen molar-refractivity contribution in [3.63, 3.8) is 0 Å². The number of hydrogen-bond donors (Lipinski definition) is 1. The minimum absolute atomic E-state index is 0.0525. The van der Waals surface area contributed by atoms with E-state index in [-0.39, 0.29) is 11.3 Å². The number of aryl methyl sites for hydroxylation is 1. The normalized spacial score (nSPS) is 10.1. The summed E-state index contributed by atoms with van der Waals surface area (Å²) in [6, 6.07) is 6.08. The fraction of sp³-hybridized carbons (Fsp3) is 0.278. The van der Waals surface area contributed by atoms with Crippen LogP contribution in [0.3, 0.4) is 0 Å². The van der Waals surface area contributed by atoms with Gasteiger partial charge in [0.05, 0.1) is 21.3 Å². The first kappa shape index (κ1) is 19.8. The Bertz CT molecular complexity index is 857. The number of amides is 2. The fourth-order valence-corrected chi connectivity index (χ4v) is 2.32. The van der Waals surface area contributed by atoms with E-state index in [4.69, 9.17) is 18.9 Å². The van der Waals surface area contributed by atoms with Crippen LogP contribution < -0.4 is 19.5 Å². The minimum atomic E-state index is -0.811. The Hall–Kier alpha value is -3.49. The number of benzene rings is 1. The second-order valence-corrected chi connectivity index (χ2v) is 5.37. The monoisotopic (exact) mass is 376 g/mol. The van der Waals surface area contributed by atoms with Gasteiger partial charge in [-0.25, -0.2) is 4.79 Å². The lowest BCUT2D eigenvalue weighted by molar-refractivity contribution is -0.123. The number of aromatic nitrogens is 1. The number of rotatable bonds is 7. The molecule has 0 radical (unpaired) electrons. The molecule has 2 amide bonds. The van der Waals surface area contributed by atoms with Crippen molar-refractivity contribution < 1.29 is 33.3 Å². The van der Waals surface area contributed by atoms with E-state index >= 15 is 0 Å². The van der Waals surface area contributed by atoms with Crippen LogP contribution in [0.5, 0.6) is 17.2 Å². The molecule has 0 aliphatic heterocycles. The fourth-order valence-electron chi connectivity index (χ4n) is 2.32. The smallest absolute Gasteiger partial charge is 0.342 e. The number of hydrogen-bond acceptors (Lipinski definition) is 7. The number of carbonyl (C=O) groups is 3. The lowest BCUT2D eigenvalue weighted by Gasteiger charge is -2.13. The minimum Gasteiger partial charge on any atom is -0.496 e. The lowest BCUT2D eigenvalue weighted by Crippen LogP contribution is -2.35. The van der Waals surface area contributed by atoms with Gasteiger partial charge in [-0.2, -0.15) is 0 Å². The summed E-state index contributed by atoms with van der Waals surface area (Å²) in [7, 11) is 5.91. The molecule has 0 fully saturated rings. The maximum absolute atomic E-state index is 12.3. The van der Waals surface area contributed by atoms with Gasteiger partial charge in [-0.15, -0.1) is 0 Å². The molecule has 1 aromatic carbocycles. The van der Waals surface area contributed by atoms with Crippen molar-refractivity contribution in [3.8, 4) is 17.2 Å². The molecule has 0 unspecified atom stereocenters. The number of nitrogens with one attached hydrogen (secondary N) is 1. The van der Waals surface area contributed by atoms with Gasteiger partial charge in [0.25, 0.3) is 11.8 Å². The molecule has 0 saturated heterocycles. The summed E-state index contributed by atoms with van der Waals surface area (Å²) in [6.45, 7) is -0.632. The van der Waals surface area contributed by atoms with Crippen LogP contribution in [-0.4, -0.2) is 50.3 Å². The topological polar surface area (TPSA) is 105 Å². The largest absolute Gasteiger partial charge is 0.496 e. The third-order valence-corrected chi connectivity index (χ3v) is 3.69. The van der Waals surface area contributed by atoms with Gasteiger partial charge in [0, 0.05) is 25.4 Å². The number of carbonyl (C=O) groups excluding carboxylic acids is 3. The summed E-state index contributed by atoms with van der Waals surface area (Å²) in [5.74, 6) is -1.29. The molecule has 9 heteroatoms. The number of nitrogens with zero attached hydrogens (tertiary/aromatic N) is 1. The number of ether oxygens (including phenoxy) is 4. The maximum atomic E-state index is 12.3. The van der Waals surface area contributed by atoms with E-state index in [2.05, 4.69) is 5.32 Å². The van der Waals surface area contributed by atoms with Crippen molar-refractivity contribution >= 4 is 17.8 Å². The zero-order chi connectivity index (χ0) is 20.0. The van der Waals surface area contributed by atoms with Gasteiger partial charge >= 0.3 is 5.97 Å². The van der Waals surface area contributed by atoms with Crippen LogP contribution in [0.4, 0.5) is 0 Å². The number of imide groups is 1. The molecule has 2 aromatic rings. The number of methoxy groups -OCH3 is 3. The summed E-state index contributed by atoms with van der Waals surface area (Å²) in [6.07, 6.45) is 1.67. The summed E-state index contributed by atoms with van der Waals surface area (Å²) in [5, 5.41) is 2.15. The predicted octanol–water partition coefficient (Wildman–Crippen LogP) is 1.16. The van der Waals surface area contributed by atoms with Crippen LogP contribution in [0, 0.1) is 0 Å². The second kappa shape index (κ2) is 8.75. The van der Waals surface area contributed by atoms with Crippen LogP contribution >= 0.6 is 0 Å². The molecule has 0 aliphatic rings. The molecule has 144 valence electrons. The summed E-state index contributed by atoms with van der Waals surface area (Å²) >= 11 is 0. The Balaban J connectivity index is 2.03. The van der Waals surface area contributed by atoms with Gasteiger partial charge in [0.1, 0.15) is 17.0 Å². The average Bonchev–Trinajstić information content (AvgIpc) is 3.10. The third kappa shape index (κ3) is 4.57. The van der Waals surface area contributed by atoms with Crippen molar-refractivity contribution in [1.29, 1.82) is 0 Å². The van der Waals surface area contributed by atoms with Crippen molar-refractivity contribution in [2.45, 2.75) is 0 Å². The van der Waals surface area contributed by atoms with Gasteiger partial charge in [-0.05, 0) is 12.1 Å². The van der Waals surface area contributed by atoms with E-state index < -0.39 is 24.4 Å². The molecule has 0 atom stereocenters. The van der Waals surface area contributed by atoms with E-state index in [1.54, 1.807) is 29.9 Å². The Labute approximate surface area is 155 Å². The Morgan fingerprint density at radius 3 is 2.19 bits per heavy atom. The summed E-state index contributed by atoms with van der Waals surface area (Å²) in [5.41, 5.74) is 0.355. The molecule has 0 spiro atoms. The third-order valence-electron chi connectivity index (χ3n) is 3.69. The summed E-state index contributed by atoms with van der Waals surface area (Å²) < 4.78 is 22.0. The van der Waals surface area contributed by atoms with Crippen LogP contribution in [-0.2, 0) is 16.6 Å². The zero-order valence-corrected chi connectivity index (χ0v) is 15.4. The molecule has 1 heterocycles. The highest BCUT2D eigenvalue weighted by atomic mass is 16.5. The molecule has 2 rings (SSSR count). The van der Waals surface area contributed by atoms with E-state index in [9.17, 15) is 14.4 Å². The zero-order valence-electron chi connectivity index (χ0n) is 15.4. The molecular weight excluding hydrogens is 356 g/mol. The highest BCUT2D eigenvalue weighted by molar-refractivity contribution is 6.04. The van der Waals surface area contributed by atoms with E-state index in [0.717, 1.165) is 0 Å². The molecule has 0 bridgehead atoms. The molecule has 1 aromatic heterocycles. The quantitative estimate of drug-likeness (QED) is 0.723. The standard InChI is InChI=1S/C18H20N2O7/c1-20-7-5-6-12(20)17(22)19-16(21)10-27-18(23)11-8-14(25-3)15(26-4)9-13(11)24-2/h5-9H,10H2,1-4H3,(H,19,21,22). The van der Waals surface area contributed by atoms with Crippen LogP contribution in [0.2, 0.25) is 0 Å².